The number of benzene rings is 2. The third-order valence-corrected chi connectivity index (χ3v) is 6.67. The molecule has 1 heterocycles. The number of carbonyl (C=O) groups is 1. The van der Waals surface area contributed by atoms with Gasteiger partial charge in [0, 0.05) is 29.2 Å². The fraction of sp³-hybridized carbons (Fsp3) is 0.316. The molecule has 1 fully saturated rings. The van der Waals surface area contributed by atoms with Crippen LogP contribution in [-0.2, 0) is 10.0 Å². The lowest BCUT2D eigenvalue weighted by Crippen LogP contribution is -2.46. The summed E-state index contributed by atoms with van der Waals surface area (Å²) >= 11 is 3.30. The lowest BCUT2D eigenvalue weighted by atomic mass is 10.0. The van der Waals surface area contributed by atoms with Gasteiger partial charge in [0.05, 0.1) is 4.90 Å². The van der Waals surface area contributed by atoms with Crippen LogP contribution in [0.25, 0.3) is 0 Å². The van der Waals surface area contributed by atoms with Crippen LogP contribution >= 0.6 is 15.9 Å². The normalized spacial score (nSPS) is 15.8. The van der Waals surface area contributed by atoms with Crippen molar-refractivity contribution in [2.75, 3.05) is 13.1 Å². The van der Waals surface area contributed by atoms with Gasteiger partial charge in [-0.1, -0.05) is 34.1 Å². The first-order chi connectivity index (χ1) is 12.4. The van der Waals surface area contributed by atoms with E-state index in [1.807, 2.05) is 31.2 Å². The molecule has 1 N–H and O–H groups in total. The molecule has 0 bridgehead atoms. The Bertz CT molecular complexity index is 889. The molecule has 0 aromatic heterocycles. The molecule has 0 spiro atoms. The summed E-state index contributed by atoms with van der Waals surface area (Å²) in [6.45, 7) is 3.01. The van der Waals surface area contributed by atoms with Gasteiger partial charge in [0.25, 0.3) is 5.91 Å². The summed E-state index contributed by atoms with van der Waals surface area (Å²) in [6, 6.07) is 13.9. The van der Waals surface area contributed by atoms with Gasteiger partial charge in [-0.2, -0.15) is 0 Å². The quantitative estimate of drug-likeness (QED) is 0.798. The first kappa shape index (κ1) is 19.1. The average Bonchev–Trinajstić information content (AvgIpc) is 2.62. The number of carbonyl (C=O) groups excluding carboxylic acids is 1. The van der Waals surface area contributed by atoms with E-state index in [9.17, 15) is 13.2 Å². The molecule has 1 saturated heterocycles. The zero-order valence-electron chi connectivity index (χ0n) is 14.5. The van der Waals surface area contributed by atoms with Gasteiger partial charge in [-0.15, -0.1) is 0 Å². The maximum atomic E-state index is 12.6. The minimum absolute atomic E-state index is 0.0114. The average molecular weight is 437 g/mol. The van der Waals surface area contributed by atoms with Crippen LogP contribution in [0.5, 0.6) is 0 Å². The molecule has 0 atom stereocenters. The largest absolute Gasteiger partial charge is 0.339 e. The number of halogens is 1. The van der Waals surface area contributed by atoms with Crippen molar-refractivity contribution in [2.45, 2.75) is 30.7 Å². The first-order valence-corrected chi connectivity index (χ1v) is 10.8. The Labute approximate surface area is 162 Å². The molecule has 0 unspecified atom stereocenters. The molecule has 3 rings (SSSR count). The standard InChI is InChI=1S/C19H21BrN2O3S/c1-14-4-2-3-5-18(14)19(23)22-12-10-16(11-13-22)21-26(24,25)17-8-6-15(20)7-9-17/h2-9,16,21H,10-13H2,1H3. The monoisotopic (exact) mass is 436 g/mol. The van der Waals surface area contributed by atoms with Crippen LogP contribution in [0.4, 0.5) is 0 Å². The van der Waals surface area contributed by atoms with Gasteiger partial charge >= 0.3 is 0 Å². The summed E-state index contributed by atoms with van der Waals surface area (Å²) in [5.74, 6) is 0.0114. The molecule has 2 aromatic carbocycles. The van der Waals surface area contributed by atoms with E-state index < -0.39 is 10.0 Å². The molecule has 0 aliphatic carbocycles. The van der Waals surface area contributed by atoms with E-state index in [1.54, 1.807) is 29.2 Å². The molecular formula is C19H21BrN2O3S. The van der Waals surface area contributed by atoms with E-state index in [1.165, 1.54) is 0 Å². The zero-order chi connectivity index (χ0) is 18.7. The van der Waals surface area contributed by atoms with Gasteiger partial charge in [0.15, 0.2) is 0 Å². The highest BCUT2D eigenvalue weighted by Gasteiger charge is 2.27. The van der Waals surface area contributed by atoms with Crippen LogP contribution in [0, 0.1) is 6.92 Å². The van der Waals surface area contributed by atoms with Crippen molar-refractivity contribution in [3.8, 4) is 0 Å². The predicted molar refractivity (Wildman–Crippen MR) is 105 cm³/mol. The second-order valence-corrected chi connectivity index (χ2v) is 9.09. The Balaban J connectivity index is 1.61. The summed E-state index contributed by atoms with van der Waals surface area (Å²) < 4.78 is 28.6. The minimum Gasteiger partial charge on any atom is -0.339 e. The highest BCUT2D eigenvalue weighted by atomic mass is 79.9. The highest BCUT2D eigenvalue weighted by Crippen LogP contribution is 2.19. The van der Waals surface area contributed by atoms with Crippen molar-refractivity contribution >= 4 is 31.9 Å². The number of nitrogens with one attached hydrogen (secondary N) is 1. The zero-order valence-corrected chi connectivity index (χ0v) is 16.9. The van der Waals surface area contributed by atoms with E-state index in [0.717, 1.165) is 10.0 Å². The van der Waals surface area contributed by atoms with E-state index in [4.69, 9.17) is 0 Å². The second-order valence-electron chi connectivity index (χ2n) is 6.46. The third kappa shape index (κ3) is 4.34. The minimum atomic E-state index is -3.55. The van der Waals surface area contributed by atoms with Crippen LogP contribution in [-0.4, -0.2) is 38.4 Å². The van der Waals surface area contributed by atoms with E-state index >= 15 is 0 Å². The molecule has 0 saturated carbocycles. The van der Waals surface area contributed by atoms with Gasteiger partial charge in [0.1, 0.15) is 0 Å². The van der Waals surface area contributed by atoms with Crippen molar-refractivity contribution in [1.29, 1.82) is 0 Å². The summed E-state index contributed by atoms with van der Waals surface area (Å²) in [6.07, 6.45) is 1.21. The number of sulfonamides is 1. The number of rotatable bonds is 4. The van der Waals surface area contributed by atoms with Gasteiger partial charge < -0.3 is 4.90 Å². The fourth-order valence-corrected chi connectivity index (χ4v) is 4.65. The van der Waals surface area contributed by atoms with Crippen LogP contribution in [0.15, 0.2) is 57.9 Å². The van der Waals surface area contributed by atoms with Gasteiger partial charge in [0.2, 0.25) is 10.0 Å². The van der Waals surface area contributed by atoms with E-state index in [0.29, 0.717) is 31.5 Å². The van der Waals surface area contributed by atoms with Gasteiger partial charge in [-0.05, 0) is 55.7 Å². The molecule has 5 nitrogen and oxygen atoms in total. The van der Waals surface area contributed by atoms with Crippen molar-refractivity contribution < 1.29 is 13.2 Å². The lowest BCUT2D eigenvalue weighted by molar-refractivity contribution is 0.0710. The van der Waals surface area contributed by atoms with Crippen LogP contribution in [0.3, 0.4) is 0 Å². The Hall–Kier alpha value is -1.70. The lowest BCUT2D eigenvalue weighted by Gasteiger charge is -2.32. The Kier molecular flexibility index (Phi) is 5.79. The first-order valence-electron chi connectivity index (χ1n) is 8.49. The molecule has 26 heavy (non-hydrogen) atoms. The Morgan fingerprint density at radius 1 is 1.08 bits per heavy atom. The molecule has 2 aromatic rings. The summed E-state index contributed by atoms with van der Waals surface area (Å²) in [5, 5.41) is 0. The molecule has 0 radical (unpaired) electrons. The number of piperidine rings is 1. The number of aryl methyl sites for hydroxylation is 1. The summed E-state index contributed by atoms with van der Waals surface area (Å²) in [7, 11) is -3.55. The number of likely N-dealkylation sites (tertiary alicyclic amines) is 1. The van der Waals surface area contributed by atoms with Gasteiger partial charge in [-0.3, -0.25) is 4.79 Å². The molecule has 1 aliphatic heterocycles. The van der Waals surface area contributed by atoms with Crippen molar-refractivity contribution in [1.82, 2.24) is 9.62 Å². The smallest absolute Gasteiger partial charge is 0.254 e. The SMILES string of the molecule is Cc1ccccc1C(=O)N1CCC(NS(=O)(=O)c2ccc(Br)cc2)CC1. The second kappa shape index (κ2) is 7.90. The molecule has 1 aliphatic rings. The third-order valence-electron chi connectivity index (χ3n) is 4.60. The molecule has 1 amide bonds. The van der Waals surface area contributed by atoms with Crippen molar-refractivity contribution in [2.24, 2.45) is 0 Å². The number of hydrogen-bond donors (Lipinski definition) is 1. The maximum Gasteiger partial charge on any atom is 0.254 e. The van der Waals surface area contributed by atoms with Crippen molar-refractivity contribution in [3.05, 3.63) is 64.1 Å². The predicted octanol–water partition coefficient (Wildman–Crippen LogP) is 3.34. The van der Waals surface area contributed by atoms with Crippen LogP contribution < -0.4 is 4.72 Å². The molecular weight excluding hydrogens is 416 g/mol. The topological polar surface area (TPSA) is 66.5 Å². The Morgan fingerprint density at radius 3 is 2.31 bits per heavy atom. The number of nitrogens with zero attached hydrogens (tertiary/aromatic N) is 1. The van der Waals surface area contributed by atoms with E-state index in [2.05, 4.69) is 20.7 Å². The number of hydrogen-bond acceptors (Lipinski definition) is 3. The summed E-state index contributed by atoms with van der Waals surface area (Å²) in [4.78, 5) is 14.7. The maximum absolute atomic E-state index is 12.6. The van der Waals surface area contributed by atoms with E-state index in [-0.39, 0.29) is 16.8 Å². The van der Waals surface area contributed by atoms with Crippen LogP contribution in [0.2, 0.25) is 0 Å². The number of amides is 1. The fourth-order valence-electron chi connectivity index (χ4n) is 3.08. The molecule has 7 heteroatoms. The van der Waals surface area contributed by atoms with Crippen LogP contribution in [0.1, 0.15) is 28.8 Å². The Morgan fingerprint density at radius 2 is 1.69 bits per heavy atom. The molecule has 138 valence electrons. The van der Waals surface area contributed by atoms with Gasteiger partial charge in [-0.25, -0.2) is 13.1 Å². The highest BCUT2D eigenvalue weighted by molar-refractivity contribution is 9.10. The van der Waals surface area contributed by atoms with Crippen molar-refractivity contribution in [3.63, 3.8) is 0 Å². The summed E-state index contributed by atoms with van der Waals surface area (Å²) in [5.41, 5.74) is 1.66.